The molecule has 0 spiro atoms. The highest BCUT2D eigenvalue weighted by atomic mass is 16.5. The monoisotopic (exact) mass is 255 g/mol. The second-order valence-electron chi connectivity index (χ2n) is 5.78. The SMILES string of the molecule is COc1ccc(-c2ccc(C(C)(C)C)cc2)c(N)c1. The second kappa shape index (κ2) is 4.96. The summed E-state index contributed by atoms with van der Waals surface area (Å²) in [5, 5.41) is 0. The van der Waals surface area contributed by atoms with Gasteiger partial charge in [0.25, 0.3) is 0 Å². The van der Waals surface area contributed by atoms with Crippen LogP contribution in [0.25, 0.3) is 11.1 Å². The van der Waals surface area contributed by atoms with Crippen LogP contribution < -0.4 is 10.5 Å². The van der Waals surface area contributed by atoms with E-state index in [2.05, 4.69) is 45.0 Å². The number of methoxy groups -OCH3 is 1. The Bertz CT molecular complexity index is 565. The lowest BCUT2D eigenvalue weighted by molar-refractivity contribution is 0.415. The Labute approximate surface area is 115 Å². The molecule has 2 aromatic carbocycles. The minimum absolute atomic E-state index is 0.171. The molecule has 0 fully saturated rings. The highest BCUT2D eigenvalue weighted by Gasteiger charge is 2.13. The quantitative estimate of drug-likeness (QED) is 0.814. The molecule has 0 saturated carbocycles. The molecule has 2 heteroatoms. The van der Waals surface area contributed by atoms with E-state index in [0.717, 1.165) is 22.6 Å². The summed E-state index contributed by atoms with van der Waals surface area (Å²) in [6.07, 6.45) is 0. The van der Waals surface area contributed by atoms with E-state index in [4.69, 9.17) is 10.5 Å². The third-order valence-corrected chi connectivity index (χ3v) is 3.32. The lowest BCUT2D eigenvalue weighted by atomic mass is 9.86. The van der Waals surface area contributed by atoms with Crippen LogP contribution in [0.4, 0.5) is 5.69 Å². The number of hydrogen-bond donors (Lipinski definition) is 1. The van der Waals surface area contributed by atoms with E-state index >= 15 is 0 Å². The molecule has 0 aromatic heterocycles. The molecule has 0 aliphatic heterocycles. The molecule has 2 N–H and O–H groups in total. The van der Waals surface area contributed by atoms with Crippen molar-refractivity contribution in [1.29, 1.82) is 0 Å². The van der Waals surface area contributed by atoms with Crippen molar-refractivity contribution in [2.45, 2.75) is 26.2 Å². The Morgan fingerprint density at radius 2 is 1.58 bits per heavy atom. The summed E-state index contributed by atoms with van der Waals surface area (Å²) in [7, 11) is 1.65. The van der Waals surface area contributed by atoms with Crippen LogP contribution in [0.1, 0.15) is 26.3 Å². The summed E-state index contributed by atoms with van der Waals surface area (Å²) in [4.78, 5) is 0. The molecule has 0 bridgehead atoms. The molecular formula is C17H21NO. The lowest BCUT2D eigenvalue weighted by Crippen LogP contribution is -2.10. The standard InChI is InChI=1S/C17H21NO/c1-17(2,3)13-7-5-12(6-8-13)15-10-9-14(19-4)11-16(15)18/h5-11H,18H2,1-4H3. The van der Waals surface area contributed by atoms with Crippen molar-refractivity contribution < 1.29 is 4.74 Å². The van der Waals surface area contributed by atoms with E-state index in [0.29, 0.717) is 0 Å². The number of ether oxygens (including phenoxy) is 1. The van der Waals surface area contributed by atoms with Gasteiger partial charge in [0.05, 0.1) is 7.11 Å². The largest absolute Gasteiger partial charge is 0.497 e. The Morgan fingerprint density at radius 3 is 2.05 bits per heavy atom. The van der Waals surface area contributed by atoms with Crippen molar-refractivity contribution >= 4 is 5.69 Å². The van der Waals surface area contributed by atoms with Crippen LogP contribution in [0.15, 0.2) is 42.5 Å². The molecule has 2 nitrogen and oxygen atoms in total. The van der Waals surface area contributed by atoms with Crippen molar-refractivity contribution in [2.24, 2.45) is 0 Å². The molecule has 19 heavy (non-hydrogen) atoms. The third-order valence-electron chi connectivity index (χ3n) is 3.32. The first-order valence-corrected chi connectivity index (χ1v) is 6.46. The zero-order valence-electron chi connectivity index (χ0n) is 12.0. The van der Waals surface area contributed by atoms with Crippen LogP contribution in [0.2, 0.25) is 0 Å². The summed E-state index contributed by atoms with van der Waals surface area (Å²) in [5.74, 6) is 0.785. The van der Waals surface area contributed by atoms with Crippen molar-refractivity contribution in [3.63, 3.8) is 0 Å². The number of benzene rings is 2. The highest BCUT2D eigenvalue weighted by molar-refractivity contribution is 5.77. The Balaban J connectivity index is 2.37. The molecule has 0 atom stereocenters. The molecule has 2 aromatic rings. The Morgan fingerprint density at radius 1 is 0.947 bits per heavy atom. The normalized spacial score (nSPS) is 11.4. The van der Waals surface area contributed by atoms with E-state index in [1.54, 1.807) is 7.11 Å². The first-order valence-electron chi connectivity index (χ1n) is 6.46. The van der Waals surface area contributed by atoms with Gasteiger partial charge < -0.3 is 10.5 Å². The zero-order chi connectivity index (χ0) is 14.0. The van der Waals surface area contributed by atoms with Gasteiger partial charge in [-0.25, -0.2) is 0 Å². The van der Waals surface area contributed by atoms with Gasteiger partial charge >= 0.3 is 0 Å². The third kappa shape index (κ3) is 2.90. The topological polar surface area (TPSA) is 35.2 Å². The van der Waals surface area contributed by atoms with E-state index in [-0.39, 0.29) is 5.41 Å². The fourth-order valence-electron chi connectivity index (χ4n) is 2.08. The van der Waals surface area contributed by atoms with E-state index < -0.39 is 0 Å². The molecular weight excluding hydrogens is 234 g/mol. The van der Waals surface area contributed by atoms with Gasteiger partial charge in [-0.1, -0.05) is 45.0 Å². The van der Waals surface area contributed by atoms with Gasteiger partial charge in [0, 0.05) is 17.3 Å². The first kappa shape index (κ1) is 13.5. The highest BCUT2D eigenvalue weighted by Crippen LogP contribution is 2.31. The minimum atomic E-state index is 0.171. The summed E-state index contributed by atoms with van der Waals surface area (Å²) in [6.45, 7) is 6.64. The van der Waals surface area contributed by atoms with Gasteiger partial charge in [0.1, 0.15) is 5.75 Å². The fraction of sp³-hybridized carbons (Fsp3) is 0.294. The molecule has 0 amide bonds. The van der Waals surface area contributed by atoms with Gasteiger partial charge in [-0.15, -0.1) is 0 Å². The van der Waals surface area contributed by atoms with Gasteiger partial charge in [-0.3, -0.25) is 0 Å². The fourth-order valence-corrected chi connectivity index (χ4v) is 2.08. The second-order valence-corrected chi connectivity index (χ2v) is 5.78. The van der Waals surface area contributed by atoms with Crippen LogP contribution in [0, 0.1) is 0 Å². The first-order chi connectivity index (χ1) is 8.91. The molecule has 0 unspecified atom stereocenters. The predicted molar refractivity (Wildman–Crippen MR) is 81.5 cm³/mol. The predicted octanol–water partition coefficient (Wildman–Crippen LogP) is 4.24. The molecule has 0 aliphatic carbocycles. The van der Waals surface area contributed by atoms with Crippen LogP contribution in [-0.2, 0) is 5.41 Å². The summed E-state index contributed by atoms with van der Waals surface area (Å²) in [6, 6.07) is 14.4. The van der Waals surface area contributed by atoms with Gasteiger partial charge in [0.2, 0.25) is 0 Å². The summed E-state index contributed by atoms with van der Waals surface area (Å²) < 4.78 is 5.17. The molecule has 0 saturated heterocycles. The average Bonchev–Trinajstić information content (AvgIpc) is 2.37. The number of nitrogens with two attached hydrogens (primary N) is 1. The maximum atomic E-state index is 6.07. The van der Waals surface area contributed by atoms with Crippen molar-refractivity contribution in [3.8, 4) is 16.9 Å². The lowest BCUT2D eigenvalue weighted by Gasteiger charge is -2.19. The number of hydrogen-bond acceptors (Lipinski definition) is 2. The van der Waals surface area contributed by atoms with Crippen molar-refractivity contribution in [2.75, 3.05) is 12.8 Å². The van der Waals surface area contributed by atoms with E-state index in [9.17, 15) is 0 Å². The van der Waals surface area contributed by atoms with Crippen LogP contribution in [0.3, 0.4) is 0 Å². The summed E-state index contributed by atoms with van der Waals surface area (Å²) >= 11 is 0. The van der Waals surface area contributed by atoms with Crippen LogP contribution >= 0.6 is 0 Å². The van der Waals surface area contributed by atoms with Gasteiger partial charge in [-0.2, -0.15) is 0 Å². The minimum Gasteiger partial charge on any atom is -0.497 e. The number of rotatable bonds is 2. The van der Waals surface area contributed by atoms with Crippen LogP contribution in [-0.4, -0.2) is 7.11 Å². The van der Waals surface area contributed by atoms with Crippen LogP contribution in [0.5, 0.6) is 5.75 Å². The van der Waals surface area contributed by atoms with E-state index in [1.165, 1.54) is 5.56 Å². The number of nitrogen functional groups attached to an aromatic ring is 1. The maximum absolute atomic E-state index is 6.07. The maximum Gasteiger partial charge on any atom is 0.120 e. The van der Waals surface area contributed by atoms with Gasteiger partial charge in [0.15, 0.2) is 0 Å². The average molecular weight is 255 g/mol. The van der Waals surface area contributed by atoms with Gasteiger partial charge in [-0.05, 0) is 28.7 Å². The molecule has 0 radical (unpaired) electrons. The Kier molecular flexibility index (Phi) is 3.52. The molecule has 0 aliphatic rings. The van der Waals surface area contributed by atoms with Crippen molar-refractivity contribution in [3.05, 3.63) is 48.0 Å². The molecule has 2 rings (SSSR count). The molecule has 0 heterocycles. The Hall–Kier alpha value is -1.96. The van der Waals surface area contributed by atoms with Crippen molar-refractivity contribution in [1.82, 2.24) is 0 Å². The van der Waals surface area contributed by atoms with E-state index in [1.807, 2.05) is 18.2 Å². The zero-order valence-corrected chi connectivity index (χ0v) is 12.0. The number of anilines is 1. The summed E-state index contributed by atoms with van der Waals surface area (Å²) in [5.41, 5.74) is 10.5. The smallest absolute Gasteiger partial charge is 0.120 e. The molecule has 100 valence electrons.